The number of ether oxygens (including phenoxy) is 1. The Morgan fingerprint density at radius 2 is 1.90 bits per heavy atom. The van der Waals surface area contributed by atoms with Crippen LogP contribution in [0.2, 0.25) is 5.02 Å². The number of rotatable bonds is 4. The van der Waals surface area contributed by atoms with E-state index in [1.165, 1.54) is 0 Å². The SMILES string of the molecule is Cc1cc(Cc2ccccc2Cl)cc([C@H]2CN(C(=O)c3ccccc3)CCO2)n1. The summed E-state index contributed by atoms with van der Waals surface area (Å²) in [5, 5.41) is 0.761. The van der Waals surface area contributed by atoms with Crippen molar-refractivity contribution in [1.82, 2.24) is 9.88 Å². The first kappa shape index (κ1) is 19.6. The van der Waals surface area contributed by atoms with Gasteiger partial charge < -0.3 is 9.64 Å². The summed E-state index contributed by atoms with van der Waals surface area (Å²) in [7, 11) is 0. The highest BCUT2D eigenvalue weighted by atomic mass is 35.5. The van der Waals surface area contributed by atoms with Gasteiger partial charge in [0, 0.05) is 22.8 Å². The first-order valence-electron chi connectivity index (χ1n) is 9.77. The van der Waals surface area contributed by atoms with E-state index in [4.69, 9.17) is 21.3 Å². The molecule has 4 rings (SSSR count). The lowest BCUT2D eigenvalue weighted by atomic mass is 10.0. The third-order valence-electron chi connectivity index (χ3n) is 5.09. The third kappa shape index (κ3) is 4.66. The topological polar surface area (TPSA) is 42.4 Å². The van der Waals surface area contributed by atoms with Crippen LogP contribution in [0.15, 0.2) is 66.7 Å². The molecule has 4 nitrogen and oxygen atoms in total. The summed E-state index contributed by atoms with van der Waals surface area (Å²) < 4.78 is 5.98. The van der Waals surface area contributed by atoms with Gasteiger partial charge in [0.1, 0.15) is 6.10 Å². The van der Waals surface area contributed by atoms with Crippen molar-refractivity contribution in [2.45, 2.75) is 19.4 Å². The number of pyridine rings is 1. The lowest BCUT2D eigenvalue weighted by Gasteiger charge is -2.33. The number of morpholine rings is 1. The number of benzene rings is 2. The maximum atomic E-state index is 12.8. The largest absolute Gasteiger partial charge is 0.368 e. The molecule has 0 unspecified atom stereocenters. The van der Waals surface area contributed by atoms with Crippen LogP contribution in [-0.4, -0.2) is 35.5 Å². The molecule has 0 bridgehead atoms. The Morgan fingerprint density at radius 1 is 1.14 bits per heavy atom. The van der Waals surface area contributed by atoms with E-state index in [1.807, 2.05) is 66.4 Å². The lowest BCUT2D eigenvalue weighted by Crippen LogP contribution is -2.42. The van der Waals surface area contributed by atoms with Crippen LogP contribution in [0.3, 0.4) is 0 Å². The van der Waals surface area contributed by atoms with Crippen molar-refractivity contribution in [3.8, 4) is 0 Å². The molecule has 29 heavy (non-hydrogen) atoms. The fourth-order valence-electron chi connectivity index (χ4n) is 3.67. The van der Waals surface area contributed by atoms with Gasteiger partial charge in [-0.05, 0) is 54.8 Å². The molecule has 3 aromatic rings. The van der Waals surface area contributed by atoms with Gasteiger partial charge in [0.25, 0.3) is 5.91 Å². The first-order chi connectivity index (χ1) is 14.1. The molecule has 1 saturated heterocycles. The van der Waals surface area contributed by atoms with Gasteiger partial charge in [-0.25, -0.2) is 0 Å². The van der Waals surface area contributed by atoms with Crippen molar-refractivity contribution < 1.29 is 9.53 Å². The predicted molar refractivity (Wildman–Crippen MR) is 114 cm³/mol. The second-order valence-electron chi connectivity index (χ2n) is 7.29. The lowest BCUT2D eigenvalue weighted by molar-refractivity contribution is -0.0248. The van der Waals surface area contributed by atoms with Crippen molar-refractivity contribution in [3.63, 3.8) is 0 Å². The molecule has 1 amide bonds. The Morgan fingerprint density at radius 3 is 2.69 bits per heavy atom. The maximum absolute atomic E-state index is 12.8. The fraction of sp³-hybridized carbons (Fsp3) is 0.250. The summed E-state index contributed by atoms with van der Waals surface area (Å²) in [6.07, 6.45) is 0.497. The zero-order valence-corrected chi connectivity index (χ0v) is 17.1. The van der Waals surface area contributed by atoms with E-state index in [9.17, 15) is 4.79 Å². The maximum Gasteiger partial charge on any atom is 0.254 e. The molecule has 0 spiro atoms. The molecule has 1 atom stereocenters. The Balaban J connectivity index is 1.54. The van der Waals surface area contributed by atoms with Gasteiger partial charge in [-0.1, -0.05) is 48.0 Å². The van der Waals surface area contributed by atoms with E-state index in [0.29, 0.717) is 25.3 Å². The molecule has 148 valence electrons. The van der Waals surface area contributed by atoms with Gasteiger partial charge in [-0.3, -0.25) is 9.78 Å². The predicted octanol–water partition coefficient (Wildman–Crippen LogP) is 4.85. The average Bonchev–Trinajstić information content (AvgIpc) is 2.75. The van der Waals surface area contributed by atoms with Crippen molar-refractivity contribution in [1.29, 1.82) is 0 Å². The van der Waals surface area contributed by atoms with Crippen molar-refractivity contribution in [3.05, 3.63) is 99.8 Å². The van der Waals surface area contributed by atoms with Crippen molar-refractivity contribution in [2.75, 3.05) is 19.7 Å². The van der Waals surface area contributed by atoms with E-state index >= 15 is 0 Å². The second-order valence-corrected chi connectivity index (χ2v) is 7.69. The zero-order valence-electron chi connectivity index (χ0n) is 16.3. The number of carbonyl (C=O) groups is 1. The zero-order chi connectivity index (χ0) is 20.2. The van der Waals surface area contributed by atoms with E-state index in [1.54, 1.807) is 0 Å². The minimum absolute atomic E-state index is 0.0304. The molecular formula is C24H23ClN2O2. The Labute approximate surface area is 176 Å². The molecule has 1 aliphatic rings. The summed E-state index contributed by atoms with van der Waals surface area (Å²) in [4.78, 5) is 19.4. The quantitative estimate of drug-likeness (QED) is 0.622. The summed E-state index contributed by atoms with van der Waals surface area (Å²) in [6, 6.07) is 21.4. The van der Waals surface area contributed by atoms with Crippen LogP contribution >= 0.6 is 11.6 Å². The smallest absolute Gasteiger partial charge is 0.254 e. The Hall–Kier alpha value is -2.69. The van der Waals surface area contributed by atoms with Crippen LogP contribution in [0.5, 0.6) is 0 Å². The van der Waals surface area contributed by atoms with Gasteiger partial charge in [-0.15, -0.1) is 0 Å². The number of hydrogen-bond donors (Lipinski definition) is 0. The average molecular weight is 407 g/mol. The Kier molecular flexibility index (Phi) is 5.93. The molecular weight excluding hydrogens is 384 g/mol. The van der Waals surface area contributed by atoms with Crippen LogP contribution in [0.4, 0.5) is 0 Å². The van der Waals surface area contributed by atoms with E-state index in [-0.39, 0.29) is 12.0 Å². The normalized spacial score (nSPS) is 16.6. The van der Waals surface area contributed by atoms with Crippen LogP contribution in [-0.2, 0) is 11.2 Å². The van der Waals surface area contributed by atoms with Gasteiger partial charge >= 0.3 is 0 Å². The molecule has 2 heterocycles. The first-order valence-corrected chi connectivity index (χ1v) is 10.1. The van der Waals surface area contributed by atoms with Crippen LogP contribution in [0, 0.1) is 6.92 Å². The number of hydrogen-bond acceptors (Lipinski definition) is 3. The molecule has 2 aromatic carbocycles. The van der Waals surface area contributed by atoms with Gasteiger partial charge in [0.2, 0.25) is 0 Å². The number of aryl methyl sites for hydroxylation is 1. The van der Waals surface area contributed by atoms with E-state index in [2.05, 4.69) is 12.1 Å². The minimum Gasteiger partial charge on any atom is -0.368 e. The highest BCUT2D eigenvalue weighted by Gasteiger charge is 2.27. The number of nitrogens with zero attached hydrogens (tertiary/aromatic N) is 2. The van der Waals surface area contributed by atoms with E-state index < -0.39 is 0 Å². The third-order valence-corrected chi connectivity index (χ3v) is 5.46. The van der Waals surface area contributed by atoms with Gasteiger partial charge in [-0.2, -0.15) is 0 Å². The van der Waals surface area contributed by atoms with Crippen LogP contribution < -0.4 is 0 Å². The minimum atomic E-state index is -0.235. The standard InChI is InChI=1S/C24H23ClN2O2/c1-17-13-18(14-20-9-5-6-10-21(20)25)15-22(26-17)23-16-27(11-12-29-23)24(28)19-7-3-2-4-8-19/h2-10,13,15,23H,11-12,14,16H2,1H3/t23-/m1/s1. The van der Waals surface area contributed by atoms with Gasteiger partial charge in [0.15, 0.2) is 0 Å². The Bertz CT molecular complexity index is 1010. The number of amides is 1. The summed E-state index contributed by atoms with van der Waals surface area (Å²) in [5.41, 5.74) is 4.70. The number of carbonyl (C=O) groups excluding carboxylic acids is 1. The molecule has 0 radical (unpaired) electrons. The number of aromatic nitrogens is 1. The highest BCUT2D eigenvalue weighted by Crippen LogP contribution is 2.25. The molecule has 1 aromatic heterocycles. The van der Waals surface area contributed by atoms with Gasteiger partial charge in [0.05, 0.1) is 18.8 Å². The monoisotopic (exact) mass is 406 g/mol. The fourth-order valence-corrected chi connectivity index (χ4v) is 3.88. The van der Waals surface area contributed by atoms with Crippen molar-refractivity contribution >= 4 is 17.5 Å². The van der Waals surface area contributed by atoms with Crippen molar-refractivity contribution in [2.24, 2.45) is 0 Å². The molecule has 0 saturated carbocycles. The summed E-state index contributed by atoms with van der Waals surface area (Å²) >= 11 is 6.33. The second kappa shape index (κ2) is 8.76. The molecule has 1 fully saturated rings. The summed E-state index contributed by atoms with van der Waals surface area (Å²) in [5.74, 6) is 0.0304. The van der Waals surface area contributed by atoms with E-state index in [0.717, 1.165) is 34.0 Å². The van der Waals surface area contributed by atoms with Crippen LogP contribution in [0.25, 0.3) is 0 Å². The number of halogens is 1. The van der Waals surface area contributed by atoms with Crippen LogP contribution in [0.1, 0.15) is 39.0 Å². The molecule has 1 aliphatic heterocycles. The summed E-state index contributed by atoms with van der Waals surface area (Å²) in [6.45, 7) is 3.56. The highest BCUT2D eigenvalue weighted by molar-refractivity contribution is 6.31. The molecule has 0 N–H and O–H groups in total. The molecule has 5 heteroatoms. The molecule has 0 aliphatic carbocycles.